The molecule has 0 unspecified atom stereocenters. The number of nitrogens with zero attached hydrogens (tertiary/aromatic N) is 5. The van der Waals surface area contributed by atoms with Gasteiger partial charge in [0.25, 0.3) is 5.91 Å². The number of hydrogen-bond donors (Lipinski definition) is 0. The van der Waals surface area contributed by atoms with Crippen molar-refractivity contribution in [3.8, 4) is 17.3 Å². The summed E-state index contributed by atoms with van der Waals surface area (Å²) < 4.78 is 66.5. The van der Waals surface area contributed by atoms with Gasteiger partial charge in [-0.3, -0.25) is 4.79 Å². The first-order valence-corrected chi connectivity index (χ1v) is 10.4. The normalized spacial score (nSPS) is 19.6. The fourth-order valence-electron chi connectivity index (χ4n) is 4.53. The fraction of sp³-hybridized carbons (Fsp3) is 0.364. The van der Waals surface area contributed by atoms with Crippen molar-refractivity contribution >= 4 is 5.91 Å². The van der Waals surface area contributed by atoms with Crippen LogP contribution >= 0.6 is 0 Å². The molecule has 4 heterocycles. The molecule has 34 heavy (non-hydrogen) atoms. The molecule has 3 aromatic rings. The topological polar surface area (TPSA) is 82.4 Å². The van der Waals surface area contributed by atoms with Crippen molar-refractivity contribution in [2.24, 2.45) is 0 Å². The summed E-state index contributed by atoms with van der Waals surface area (Å²) in [5.41, 5.74) is -0.665. The highest BCUT2D eigenvalue weighted by Crippen LogP contribution is 2.38. The summed E-state index contributed by atoms with van der Waals surface area (Å²) in [6.07, 6.45) is -3.55. The van der Waals surface area contributed by atoms with Crippen LogP contribution in [0.25, 0.3) is 11.5 Å². The molecule has 8 nitrogen and oxygen atoms in total. The summed E-state index contributed by atoms with van der Waals surface area (Å²) in [5, 5.41) is 8.42. The number of carbonyl (C=O) groups is 1. The molecule has 2 atom stereocenters. The number of methoxy groups -OCH3 is 1. The standard InChI is InChI=1S/C22H19F4N5O3/c1-11-13(4-3-5-14(11)22(24,25)26)21(32)31-12-8-30-19(16-6-18(33-2)15(23)7-27-16)28-29-20(30)17(31)10-34-9-12/h3-7,12,17H,8-10H2,1-2H3/t12-,17-/m1/s1. The van der Waals surface area contributed by atoms with Crippen LogP contribution in [0.3, 0.4) is 0 Å². The van der Waals surface area contributed by atoms with Crippen molar-refractivity contribution < 1.29 is 31.8 Å². The minimum absolute atomic E-state index is 0.00138. The second-order valence-electron chi connectivity index (χ2n) is 8.09. The Bertz CT molecular complexity index is 1280. The van der Waals surface area contributed by atoms with Crippen LogP contribution in [-0.4, -0.2) is 56.9 Å². The Morgan fingerprint density at radius 3 is 2.76 bits per heavy atom. The minimum atomic E-state index is -4.57. The van der Waals surface area contributed by atoms with E-state index in [0.717, 1.165) is 12.3 Å². The molecule has 0 radical (unpaired) electrons. The van der Waals surface area contributed by atoms with Gasteiger partial charge in [0.1, 0.15) is 11.7 Å². The molecule has 2 aromatic heterocycles. The molecule has 1 aromatic carbocycles. The quantitative estimate of drug-likeness (QED) is 0.538. The first-order chi connectivity index (χ1) is 16.2. The molecule has 0 N–H and O–H groups in total. The van der Waals surface area contributed by atoms with Crippen molar-refractivity contribution in [1.82, 2.24) is 24.6 Å². The number of morpholine rings is 1. The Hall–Kier alpha value is -3.54. The van der Waals surface area contributed by atoms with E-state index < -0.39 is 35.5 Å². The van der Waals surface area contributed by atoms with Gasteiger partial charge in [-0.05, 0) is 24.6 Å². The van der Waals surface area contributed by atoms with Gasteiger partial charge in [0.05, 0.1) is 38.1 Å². The monoisotopic (exact) mass is 477 g/mol. The van der Waals surface area contributed by atoms with Crippen molar-refractivity contribution in [3.63, 3.8) is 0 Å². The van der Waals surface area contributed by atoms with Crippen molar-refractivity contribution in [2.75, 3.05) is 20.3 Å². The molecule has 0 spiro atoms. The first-order valence-electron chi connectivity index (χ1n) is 10.4. The van der Waals surface area contributed by atoms with E-state index >= 15 is 0 Å². The zero-order chi connectivity index (χ0) is 24.2. The lowest BCUT2D eigenvalue weighted by Gasteiger charge is -2.45. The molecule has 0 aliphatic carbocycles. The smallest absolute Gasteiger partial charge is 0.416 e. The van der Waals surface area contributed by atoms with E-state index in [-0.39, 0.29) is 36.6 Å². The second-order valence-corrected chi connectivity index (χ2v) is 8.09. The number of ether oxygens (including phenoxy) is 2. The Morgan fingerprint density at radius 2 is 2.03 bits per heavy atom. The summed E-state index contributed by atoms with van der Waals surface area (Å²) in [7, 11) is 1.34. The fourth-order valence-corrected chi connectivity index (χ4v) is 4.53. The highest BCUT2D eigenvalue weighted by Gasteiger charge is 2.45. The minimum Gasteiger partial charge on any atom is -0.494 e. The van der Waals surface area contributed by atoms with Gasteiger partial charge in [-0.15, -0.1) is 10.2 Å². The van der Waals surface area contributed by atoms with E-state index in [1.165, 1.54) is 37.1 Å². The van der Waals surface area contributed by atoms with E-state index in [9.17, 15) is 22.4 Å². The van der Waals surface area contributed by atoms with E-state index in [1.54, 1.807) is 4.57 Å². The highest BCUT2D eigenvalue weighted by molar-refractivity contribution is 5.96. The van der Waals surface area contributed by atoms with Crippen LogP contribution in [0.1, 0.15) is 33.4 Å². The summed E-state index contributed by atoms with van der Waals surface area (Å²) in [6.45, 7) is 1.83. The number of hydrogen-bond acceptors (Lipinski definition) is 6. The Morgan fingerprint density at radius 1 is 1.24 bits per heavy atom. The molecule has 5 rings (SSSR count). The molecule has 2 bridgehead atoms. The lowest BCUT2D eigenvalue weighted by atomic mass is 9.97. The highest BCUT2D eigenvalue weighted by atomic mass is 19.4. The van der Waals surface area contributed by atoms with Gasteiger partial charge in [0, 0.05) is 18.2 Å². The van der Waals surface area contributed by atoms with Crippen LogP contribution < -0.4 is 4.74 Å². The van der Waals surface area contributed by atoms with Gasteiger partial charge in [-0.1, -0.05) is 6.07 Å². The van der Waals surface area contributed by atoms with Crippen molar-refractivity contribution in [3.05, 3.63) is 58.8 Å². The number of benzene rings is 1. The Kier molecular flexibility index (Phi) is 5.27. The van der Waals surface area contributed by atoms with Crippen LogP contribution in [0.5, 0.6) is 5.75 Å². The number of fused-ring (bicyclic) bond motifs is 4. The lowest BCUT2D eigenvalue weighted by Crippen LogP contribution is -2.56. The Labute approximate surface area is 191 Å². The molecule has 2 aliphatic rings. The van der Waals surface area contributed by atoms with E-state index in [2.05, 4.69) is 15.2 Å². The van der Waals surface area contributed by atoms with Crippen LogP contribution in [0, 0.1) is 12.7 Å². The maximum absolute atomic E-state index is 13.8. The van der Waals surface area contributed by atoms with Crippen LogP contribution in [0.4, 0.5) is 17.6 Å². The van der Waals surface area contributed by atoms with Gasteiger partial charge in [0.15, 0.2) is 23.2 Å². The van der Waals surface area contributed by atoms with Gasteiger partial charge in [-0.2, -0.15) is 13.2 Å². The molecule has 1 saturated heterocycles. The van der Waals surface area contributed by atoms with Crippen molar-refractivity contribution in [2.45, 2.75) is 31.7 Å². The van der Waals surface area contributed by atoms with Gasteiger partial charge >= 0.3 is 6.18 Å². The van der Waals surface area contributed by atoms with Crippen molar-refractivity contribution in [1.29, 1.82) is 0 Å². The van der Waals surface area contributed by atoms with Crippen LogP contribution in [-0.2, 0) is 17.5 Å². The van der Waals surface area contributed by atoms with Gasteiger partial charge < -0.3 is 18.9 Å². The third-order valence-corrected chi connectivity index (χ3v) is 6.16. The molecule has 1 amide bonds. The number of alkyl halides is 3. The zero-order valence-electron chi connectivity index (χ0n) is 18.1. The summed E-state index contributed by atoms with van der Waals surface area (Å²) in [5.74, 6) is -0.373. The first kappa shape index (κ1) is 22.3. The maximum atomic E-state index is 13.8. The average molecular weight is 477 g/mol. The average Bonchev–Trinajstić information content (AvgIpc) is 3.21. The zero-order valence-corrected chi connectivity index (χ0v) is 18.1. The van der Waals surface area contributed by atoms with E-state index in [0.29, 0.717) is 17.3 Å². The Balaban J connectivity index is 1.54. The molecular formula is C22H19F4N5O3. The van der Waals surface area contributed by atoms with Crippen LogP contribution in [0.2, 0.25) is 0 Å². The number of halogens is 4. The van der Waals surface area contributed by atoms with Gasteiger partial charge in [0.2, 0.25) is 0 Å². The second kappa shape index (κ2) is 8.05. The van der Waals surface area contributed by atoms with Gasteiger partial charge in [-0.25, -0.2) is 9.37 Å². The number of aromatic nitrogens is 4. The number of carbonyl (C=O) groups excluding carboxylic acids is 1. The third-order valence-electron chi connectivity index (χ3n) is 6.16. The van der Waals surface area contributed by atoms with Crippen LogP contribution in [0.15, 0.2) is 30.5 Å². The summed E-state index contributed by atoms with van der Waals surface area (Å²) >= 11 is 0. The van der Waals surface area contributed by atoms with E-state index in [1.807, 2.05) is 0 Å². The predicted octanol–water partition coefficient (Wildman–Crippen LogP) is 3.41. The predicted molar refractivity (Wildman–Crippen MR) is 109 cm³/mol. The summed E-state index contributed by atoms with van der Waals surface area (Å²) in [6, 6.07) is 3.86. The molecule has 178 valence electrons. The SMILES string of the molecule is COc1cc(-c2nnc3n2C[C@@H]2COC[C@H]3N2C(=O)c2cccc(C(F)(F)F)c2C)ncc1F. The number of pyridine rings is 1. The third kappa shape index (κ3) is 3.49. The summed E-state index contributed by atoms with van der Waals surface area (Å²) in [4.78, 5) is 19.1. The van der Waals surface area contributed by atoms with E-state index in [4.69, 9.17) is 9.47 Å². The number of rotatable bonds is 3. The lowest BCUT2D eigenvalue weighted by molar-refractivity contribution is -0.138. The largest absolute Gasteiger partial charge is 0.494 e. The maximum Gasteiger partial charge on any atom is 0.416 e. The molecule has 12 heteroatoms. The molecule has 1 fully saturated rings. The molecular weight excluding hydrogens is 458 g/mol. The molecule has 0 saturated carbocycles. The number of amides is 1. The molecule has 2 aliphatic heterocycles.